The summed E-state index contributed by atoms with van der Waals surface area (Å²) < 4.78 is 0. The molecule has 0 aliphatic carbocycles. The number of anilines is 1. The van der Waals surface area contributed by atoms with Crippen LogP contribution in [0.1, 0.15) is 26.7 Å². The zero-order valence-corrected chi connectivity index (χ0v) is 21.0. The maximum absolute atomic E-state index is 8.56. The van der Waals surface area contributed by atoms with E-state index in [1.54, 1.807) is 26.2 Å². The van der Waals surface area contributed by atoms with E-state index in [0.717, 1.165) is 19.1 Å². The second kappa shape index (κ2) is 18.2. The Morgan fingerprint density at radius 2 is 1.72 bits per heavy atom. The maximum Gasteiger partial charge on any atom is 3.00 e. The zero-order chi connectivity index (χ0) is 21.5. The molecule has 1 aliphatic rings. The van der Waals surface area contributed by atoms with Gasteiger partial charge in [0.1, 0.15) is 0 Å². The van der Waals surface area contributed by atoms with Crippen molar-refractivity contribution in [3.8, 4) is 0 Å². The Morgan fingerprint density at radius 1 is 1.17 bits per heavy atom. The van der Waals surface area contributed by atoms with Gasteiger partial charge in [-0.05, 0) is 66.0 Å². The van der Waals surface area contributed by atoms with Crippen LogP contribution in [0, 0.1) is 0 Å². The van der Waals surface area contributed by atoms with Gasteiger partial charge < -0.3 is 30.2 Å². The van der Waals surface area contributed by atoms with Gasteiger partial charge in [-0.1, -0.05) is 0 Å². The Morgan fingerprint density at radius 3 is 2.00 bits per heavy atom. The SMILES string of the molecule is CC(O)CC(C)O.CN(C)c1ccncc1.C[N-]CCN(C)CC1CCN1C.[Ru+3]. The van der Waals surface area contributed by atoms with Gasteiger partial charge in [0.25, 0.3) is 0 Å². The Hall–Kier alpha value is -0.627. The number of rotatable bonds is 8. The van der Waals surface area contributed by atoms with Gasteiger partial charge in [0, 0.05) is 44.8 Å². The normalized spacial score (nSPS) is 17.5. The van der Waals surface area contributed by atoms with Gasteiger partial charge in [-0.2, -0.15) is 7.05 Å². The van der Waals surface area contributed by atoms with Gasteiger partial charge in [-0.3, -0.25) is 4.98 Å². The molecule has 0 bridgehead atoms. The minimum Gasteiger partial charge on any atom is -0.664 e. The van der Waals surface area contributed by atoms with E-state index in [9.17, 15) is 0 Å². The van der Waals surface area contributed by atoms with Crippen LogP contribution in [0.25, 0.3) is 5.32 Å². The quantitative estimate of drug-likeness (QED) is 0.535. The summed E-state index contributed by atoms with van der Waals surface area (Å²) in [5, 5.41) is 21.2. The molecule has 1 radical (unpaired) electrons. The van der Waals surface area contributed by atoms with Gasteiger partial charge in [-0.15, -0.1) is 6.54 Å². The second-order valence-electron chi connectivity index (χ2n) is 7.76. The number of hydrogen-bond acceptors (Lipinski definition) is 6. The molecule has 7 nitrogen and oxygen atoms in total. The van der Waals surface area contributed by atoms with Crippen LogP contribution >= 0.6 is 0 Å². The molecule has 3 unspecified atom stereocenters. The van der Waals surface area contributed by atoms with E-state index in [1.165, 1.54) is 25.2 Å². The molecule has 0 spiro atoms. The topological polar surface area (TPSA) is 77.2 Å². The minimum atomic E-state index is -0.375. The van der Waals surface area contributed by atoms with E-state index in [1.807, 2.05) is 38.2 Å². The van der Waals surface area contributed by atoms with Crippen molar-refractivity contribution >= 4 is 5.69 Å². The molecule has 2 rings (SSSR count). The molecule has 0 aromatic carbocycles. The molecule has 0 saturated carbocycles. The standard InChI is InChI=1S/C9H20N3.C7H10N2.C5H12O2.Ru/c1-10-5-7-11(2)8-9-4-6-12(9)3;1-9(2)7-3-5-8-6-4-7;1-4(6)3-5(2)7;/h9H,4-8H2,1-3H3;3-6H,1-2H3;4-7H,3H2,1-2H3;/q-1;;;+3. The molecule has 1 fully saturated rings. The van der Waals surface area contributed by atoms with Crippen molar-refractivity contribution in [2.75, 3.05) is 66.3 Å². The van der Waals surface area contributed by atoms with E-state index in [4.69, 9.17) is 10.2 Å². The van der Waals surface area contributed by atoms with Crippen molar-refractivity contribution in [2.45, 2.75) is 44.9 Å². The van der Waals surface area contributed by atoms with Crippen LogP contribution in [0.4, 0.5) is 5.69 Å². The Balaban J connectivity index is 0. The summed E-state index contributed by atoms with van der Waals surface area (Å²) in [5.41, 5.74) is 1.19. The Bertz CT molecular complexity index is 471. The first-order valence-corrected chi connectivity index (χ1v) is 10.0. The van der Waals surface area contributed by atoms with Gasteiger partial charge in [0.2, 0.25) is 0 Å². The van der Waals surface area contributed by atoms with Crippen molar-refractivity contribution in [3.63, 3.8) is 0 Å². The first-order chi connectivity index (χ1) is 13.2. The fourth-order valence-corrected chi connectivity index (χ4v) is 2.66. The van der Waals surface area contributed by atoms with Crippen LogP contribution in [-0.2, 0) is 19.5 Å². The molecule has 1 aliphatic heterocycles. The zero-order valence-electron chi connectivity index (χ0n) is 19.3. The number of likely N-dealkylation sites (N-methyl/N-ethyl adjacent to an activating group) is 3. The summed E-state index contributed by atoms with van der Waals surface area (Å²) in [5.74, 6) is 0. The predicted octanol–water partition coefficient (Wildman–Crippen LogP) is 1.91. The molecule has 1 saturated heterocycles. The van der Waals surface area contributed by atoms with Crippen LogP contribution in [0.5, 0.6) is 0 Å². The third-order valence-electron chi connectivity index (χ3n) is 4.53. The van der Waals surface area contributed by atoms with Crippen LogP contribution in [0.15, 0.2) is 24.5 Å². The maximum atomic E-state index is 8.56. The van der Waals surface area contributed by atoms with E-state index < -0.39 is 0 Å². The third kappa shape index (κ3) is 16.8. The number of nitrogens with zero attached hydrogens (tertiary/aromatic N) is 5. The van der Waals surface area contributed by atoms with Gasteiger partial charge in [-0.25, -0.2) is 0 Å². The number of aromatic nitrogens is 1. The Labute approximate surface area is 191 Å². The number of pyridine rings is 1. The molecule has 0 amide bonds. The van der Waals surface area contributed by atoms with E-state index >= 15 is 0 Å². The van der Waals surface area contributed by atoms with Crippen molar-refractivity contribution in [1.82, 2.24) is 14.8 Å². The van der Waals surface area contributed by atoms with Gasteiger partial charge in [0.15, 0.2) is 0 Å². The fraction of sp³-hybridized carbons (Fsp3) is 0.762. The van der Waals surface area contributed by atoms with Crippen molar-refractivity contribution in [2.24, 2.45) is 0 Å². The first kappa shape index (κ1) is 30.6. The number of aliphatic hydroxyl groups excluding tert-OH is 2. The van der Waals surface area contributed by atoms with Gasteiger partial charge >= 0.3 is 19.5 Å². The first-order valence-electron chi connectivity index (χ1n) is 10.0. The van der Waals surface area contributed by atoms with Crippen molar-refractivity contribution < 1.29 is 29.7 Å². The fourth-order valence-electron chi connectivity index (χ4n) is 2.66. The van der Waals surface area contributed by atoms with Crippen molar-refractivity contribution in [1.29, 1.82) is 0 Å². The molecule has 169 valence electrons. The molecule has 8 heteroatoms. The number of likely N-dealkylation sites (tertiary alicyclic amines) is 1. The summed E-state index contributed by atoms with van der Waals surface area (Å²) >= 11 is 0. The summed E-state index contributed by atoms with van der Waals surface area (Å²) in [6.07, 6.45) is 4.66. The molecule has 3 atom stereocenters. The second-order valence-corrected chi connectivity index (χ2v) is 7.76. The molecule has 29 heavy (non-hydrogen) atoms. The van der Waals surface area contributed by atoms with Gasteiger partial charge in [0.05, 0.1) is 12.2 Å². The predicted molar refractivity (Wildman–Crippen MR) is 119 cm³/mol. The summed E-state index contributed by atoms with van der Waals surface area (Å²) in [6, 6.07) is 4.74. The molecule has 2 heterocycles. The third-order valence-corrected chi connectivity index (χ3v) is 4.53. The average Bonchev–Trinajstić information content (AvgIpc) is 2.64. The van der Waals surface area contributed by atoms with Crippen molar-refractivity contribution in [3.05, 3.63) is 29.8 Å². The smallest absolute Gasteiger partial charge is 0.664 e. The summed E-state index contributed by atoms with van der Waals surface area (Å²) in [4.78, 5) is 10.7. The summed E-state index contributed by atoms with van der Waals surface area (Å²) in [7, 11) is 10.3. The average molecular weight is 498 g/mol. The van der Waals surface area contributed by atoms with Crippen LogP contribution < -0.4 is 4.90 Å². The minimum absolute atomic E-state index is 0. The van der Waals surface area contributed by atoms with E-state index in [-0.39, 0.29) is 31.7 Å². The van der Waals surface area contributed by atoms with Crippen LogP contribution in [0.2, 0.25) is 0 Å². The van der Waals surface area contributed by atoms with Crippen LogP contribution in [-0.4, -0.2) is 105 Å². The Kier molecular flexibility index (Phi) is 19.1. The largest absolute Gasteiger partial charge is 3.00 e. The number of hydrogen-bond donors (Lipinski definition) is 2. The van der Waals surface area contributed by atoms with Crippen LogP contribution in [0.3, 0.4) is 0 Å². The molecular weight excluding hydrogens is 455 g/mol. The monoisotopic (exact) mass is 498 g/mol. The molecule has 1 aromatic rings. The van der Waals surface area contributed by atoms with E-state index in [0.29, 0.717) is 6.42 Å². The molecule has 2 N–H and O–H groups in total. The molecular formula is C21H42N5O2Ru+2. The van der Waals surface area contributed by atoms with E-state index in [2.05, 4.69) is 34.2 Å². The summed E-state index contributed by atoms with van der Waals surface area (Å²) in [6.45, 7) is 7.86. The number of aliphatic hydroxyl groups is 2. The molecule has 1 aromatic heterocycles.